The Morgan fingerprint density at radius 1 is 1.57 bits per heavy atom. The van der Waals surface area contributed by atoms with Crippen molar-refractivity contribution >= 4 is 0 Å². The van der Waals surface area contributed by atoms with Gasteiger partial charge in [0.1, 0.15) is 12.4 Å². The molecule has 2 rings (SSSR count). The zero-order chi connectivity index (χ0) is 9.80. The number of nitrogens with one attached hydrogen (secondary N) is 1. The first-order chi connectivity index (χ1) is 6.88. The third-order valence-corrected chi connectivity index (χ3v) is 2.36. The summed E-state index contributed by atoms with van der Waals surface area (Å²) in [6.07, 6.45) is 3.82. The maximum absolute atomic E-state index is 5.70. The molecule has 2 heterocycles. The monoisotopic (exact) mass is 193 g/mol. The highest BCUT2D eigenvalue weighted by Crippen LogP contribution is 2.12. The lowest BCUT2D eigenvalue weighted by molar-refractivity contribution is 0.213. The second-order valence-electron chi connectivity index (χ2n) is 3.43. The van der Waals surface area contributed by atoms with E-state index in [-0.39, 0.29) is 6.10 Å². The highest BCUT2D eigenvalue weighted by atomic mass is 16.5. The van der Waals surface area contributed by atoms with Gasteiger partial charge in [-0.05, 0) is 19.4 Å². The maximum atomic E-state index is 5.70. The van der Waals surface area contributed by atoms with Gasteiger partial charge in [0.05, 0.1) is 0 Å². The van der Waals surface area contributed by atoms with E-state index >= 15 is 0 Å². The second-order valence-corrected chi connectivity index (χ2v) is 3.43. The number of rotatable bonds is 3. The second kappa shape index (κ2) is 4.37. The van der Waals surface area contributed by atoms with E-state index in [0.29, 0.717) is 5.88 Å². The van der Waals surface area contributed by atoms with E-state index in [4.69, 9.17) is 4.74 Å². The van der Waals surface area contributed by atoms with Crippen molar-refractivity contribution < 1.29 is 4.74 Å². The minimum Gasteiger partial charge on any atom is -0.473 e. The van der Waals surface area contributed by atoms with Crippen LogP contribution in [0.1, 0.15) is 19.0 Å². The van der Waals surface area contributed by atoms with E-state index in [2.05, 4.69) is 22.2 Å². The van der Waals surface area contributed by atoms with E-state index < -0.39 is 0 Å². The lowest BCUT2D eigenvalue weighted by Crippen LogP contribution is -2.20. The van der Waals surface area contributed by atoms with Crippen LogP contribution in [-0.4, -0.2) is 29.2 Å². The summed E-state index contributed by atoms with van der Waals surface area (Å²) in [5.41, 5.74) is 1.03. The lowest BCUT2D eigenvalue weighted by Gasteiger charge is -2.11. The third kappa shape index (κ3) is 2.20. The molecule has 0 radical (unpaired) electrons. The Balaban J connectivity index is 2.00. The Labute approximate surface area is 83.7 Å². The molecular formula is C10H15N3O. The van der Waals surface area contributed by atoms with Gasteiger partial charge in [-0.2, -0.15) is 0 Å². The number of hydrogen-bond donors (Lipinski definition) is 1. The first-order valence-corrected chi connectivity index (χ1v) is 5.07. The van der Waals surface area contributed by atoms with Gasteiger partial charge in [-0.15, -0.1) is 0 Å². The van der Waals surface area contributed by atoms with Gasteiger partial charge in [0, 0.05) is 18.3 Å². The van der Waals surface area contributed by atoms with Crippen molar-refractivity contribution in [1.82, 2.24) is 15.3 Å². The molecule has 1 aromatic rings. The van der Waals surface area contributed by atoms with Crippen LogP contribution >= 0.6 is 0 Å². The predicted octanol–water partition coefficient (Wildman–Crippen LogP) is 0.780. The Bertz CT molecular complexity index is 297. The van der Waals surface area contributed by atoms with Crippen molar-refractivity contribution in [2.24, 2.45) is 0 Å². The number of aromatic nitrogens is 2. The first kappa shape index (κ1) is 9.40. The van der Waals surface area contributed by atoms with Gasteiger partial charge in [-0.1, -0.05) is 6.92 Å². The van der Waals surface area contributed by atoms with Crippen LogP contribution in [0.2, 0.25) is 0 Å². The fraction of sp³-hybridized carbons (Fsp3) is 0.600. The summed E-state index contributed by atoms with van der Waals surface area (Å²) in [6.45, 7) is 4.03. The van der Waals surface area contributed by atoms with Crippen LogP contribution in [0.15, 0.2) is 12.4 Å². The Morgan fingerprint density at radius 3 is 3.21 bits per heavy atom. The molecule has 0 saturated carbocycles. The molecule has 1 aromatic heterocycles. The highest BCUT2D eigenvalue weighted by molar-refractivity contribution is 5.13. The summed E-state index contributed by atoms with van der Waals surface area (Å²) in [5.74, 6) is 0.700. The quantitative estimate of drug-likeness (QED) is 0.770. The Kier molecular flexibility index (Phi) is 2.93. The molecule has 1 N–H and O–H groups in total. The molecule has 0 bridgehead atoms. The molecule has 4 nitrogen and oxygen atoms in total. The molecule has 76 valence electrons. The average molecular weight is 193 g/mol. The molecule has 1 fully saturated rings. The predicted molar refractivity (Wildman–Crippen MR) is 53.3 cm³/mol. The number of hydrogen-bond acceptors (Lipinski definition) is 4. The molecule has 4 heteroatoms. The van der Waals surface area contributed by atoms with E-state index in [1.54, 1.807) is 6.33 Å². The van der Waals surface area contributed by atoms with Crippen molar-refractivity contribution in [3.63, 3.8) is 0 Å². The van der Waals surface area contributed by atoms with Crippen LogP contribution in [0, 0.1) is 0 Å². The highest BCUT2D eigenvalue weighted by Gasteiger charge is 2.16. The van der Waals surface area contributed by atoms with Crippen molar-refractivity contribution in [3.05, 3.63) is 18.1 Å². The van der Waals surface area contributed by atoms with Crippen LogP contribution in [0.4, 0.5) is 0 Å². The summed E-state index contributed by atoms with van der Waals surface area (Å²) in [5, 5.41) is 3.25. The van der Waals surface area contributed by atoms with Crippen molar-refractivity contribution in [2.75, 3.05) is 13.1 Å². The number of ether oxygens (including phenoxy) is 1. The van der Waals surface area contributed by atoms with E-state index in [1.807, 2.05) is 6.07 Å². The van der Waals surface area contributed by atoms with Gasteiger partial charge < -0.3 is 10.1 Å². The molecule has 14 heavy (non-hydrogen) atoms. The summed E-state index contributed by atoms with van der Waals surface area (Å²) >= 11 is 0. The SMILES string of the molecule is CCc1cc(OC2CCNC2)ncn1. The standard InChI is InChI=1S/C10H15N3O/c1-2-8-5-10(13-7-12-8)14-9-3-4-11-6-9/h5,7,9,11H,2-4,6H2,1H3. The van der Waals surface area contributed by atoms with Gasteiger partial charge in [0.2, 0.25) is 5.88 Å². The number of aryl methyl sites for hydroxylation is 1. The van der Waals surface area contributed by atoms with Gasteiger partial charge in [-0.3, -0.25) is 0 Å². The fourth-order valence-electron chi connectivity index (χ4n) is 1.53. The minimum atomic E-state index is 0.273. The van der Waals surface area contributed by atoms with Gasteiger partial charge >= 0.3 is 0 Å². The summed E-state index contributed by atoms with van der Waals surface area (Å²) in [7, 11) is 0. The largest absolute Gasteiger partial charge is 0.473 e. The minimum absolute atomic E-state index is 0.273. The van der Waals surface area contributed by atoms with Crippen LogP contribution in [0.5, 0.6) is 5.88 Å². The molecule has 1 aliphatic heterocycles. The maximum Gasteiger partial charge on any atom is 0.216 e. The summed E-state index contributed by atoms with van der Waals surface area (Å²) < 4.78 is 5.70. The summed E-state index contributed by atoms with van der Waals surface area (Å²) in [6, 6.07) is 1.92. The van der Waals surface area contributed by atoms with Crippen LogP contribution in [0.25, 0.3) is 0 Å². The average Bonchev–Trinajstić information content (AvgIpc) is 2.71. The topological polar surface area (TPSA) is 47.0 Å². The van der Waals surface area contributed by atoms with Crippen LogP contribution in [0.3, 0.4) is 0 Å². The fourth-order valence-corrected chi connectivity index (χ4v) is 1.53. The van der Waals surface area contributed by atoms with Crippen LogP contribution < -0.4 is 10.1 Å². The smallest absolute Gasteiger partial charge is 0.216 e. The molecule has 0 aromatic carbocycles. The third-order valence-electron chi connectivity index (χ3n) is 2.36. The van der Waals surface area contributed by atoms with Crippen molar-refractivity contribution in [3.8, 4) is 5.88 Å². The molecule has 0 spiro atoms. The molecule has 1 unspecified atom stereocenters. The van der Waals surface area contributed by atoms with Gasteiger partial charge in [0.25, 0.3) is 0 Å². The van der Waals surface area contributed by atoms with Crippen molar-refractivity contribution in [2.45, 2.75) is 25.9 Å². The lowest BCUT2D eigenvalue weighted by atomic mass is 10.3. The molecule has 0 amide bonds. The Hall–Kier alpha value is -1.16. The zero-order valence-electron chi connectivity index (χ0n) is 8.36. The summed E-state index contributed by atoms with van der Waals surface area (Å²) in [4.78, 5) is 8.22. The van der Waals surface area contributed by atoms with Crippen LogP contribution in [-0.2, 0) is 6.42 Å². The van der Waals surface area contributed by atoms with E-state index in [9.17, 15) is 0 Å². The van der Waals surface area contributed by atoms with Gasteiger partial charge in [-0.25, -0.2) is 9.97 Å². The van der Waals surface area contributed by atoms with E-state index in [0.717, 1.165) is 31.6 Å². The Morgan fingerprint density at radius 2 is 2.50 bits per heavy atom. The molecule has 1 saturated heterocycles. The first-order valence-electron chi connectivity index (χ1n) is 5.07. The van der Waals surface area contributed by atoms with Gasteiger partial charge in [0.15, 0.2) is 0 Å². The normalized spacial score (nSPS) is 21.1. The molecular weight excluding hydrogens is 178 g/mol. The number of nitrogens with zero attached hydrogens (tertiary/aromatic N) is 2. The van der Waals surface area contributed by atoms with E-state index in [1.165, 1.54) is 0 Å². The zero-order valence-corrected chi connectivity index (χ0v) is 8.36. The molecule has 1 atom stereocenters. The van der Waals surface area contributed by atoms with Crippen molar-refractivity contribution in [1.29, 1.82) is 0 Å². The molecule has 0 aliphatic carbocycles. The molecule has 1 aliphatic rings.